The maximum Gasteiger partial charge on any atom is 0.0693 e. The van der Waals surface area contributed by atoms with Crippen LogP contribution in [0.1, 0.15) is 49.1 Å². The van der Waals surface area contributed by atoms with Crippen LogP contribution < -0.4 is 5.32 Å². The molecular formula is C16H23NO. The quantitative estimate of drug-likeness (QED) is 0.802. The van der Waals surface area contributed by atoms with Gasteiger partial charge in [-0.2, -0.15) is 0 Å². The van der Waals surface area contributed by atoms with Crippen molar-refractivity contribution in [2.75, 3.05) is 6.54 Å². The summed E-state index contributed by atoms with van der Waals surface area (Å²) < 4.78 is 0. The van der Waals surface area contributed by atoms with E-state index in [1.54, 1.807) is 0 Å². The van der Waals surface area contributed by atoms with E-state index in [1.165, 1.54) is 36.8 Å². The van der Waals surface area contributed by atoms with E-state index in [9.17, 15) is 5.11 Å². The Morgan fingerprint density at radius 1 is 1.11 bits per heavy atom. The molecule has 0 aromatic heterocycles. The van der Waals surface area contributed by atoms with Crippen molar-refractivity contribution in [3.8, 4) is 0 Å². The molecule has 2 heteroatoms. The molecule has 18 heavy (non-hydrogen) atoms. The van der Waals surface area contributed by atoms with Gasteiger partial charge >= 0.3 is 0 Å². The summed E-state index contributed by atoms with van der Waals surface area (Å²) in [5.74, 6) is 0.664. The Morgan fingerprint density at radius 2 is 1.94 bits per heavy atom. The molecule has 3 rings (SSSR count). The van der Waals surface area contributed by atoms with E-state index in [1.807, 2.05) is 0 Å². The minimum absolute atomic E-state index is 0.136. The number of benzene rings is 1. The average molecular weight is 245 g/mol. The lowest BCUT2D eigenvalue weighted by molar-refractivity contribution is 0.119. The van der Waals surface area contributed by atoms with Crippen molar-refractivity contribution in [3.05, 3.63) is 35.4 Å². The second-order valence-electron chi connectivity index (χ2n) is 5.82. The molecule has 2 aliphatic rings. The van der Waals surface area contributed by atoms with Gasteiger partial charge in [-0.3, -0.25) is 0 Å². The lowest BCUT2D eigenvalue weighted by atomic mass is 9.77. The summed E-state index contributed by atoms with van der Waals surface area (Å²) >= 11 is 0. The minimum atomic E-state index is -0.136. The Bertz CT molecular complexity index is 404. The second-order valence-corrected chi connectivity index (χ2v) is 5.82. The maximum absolute atomic E-state index is 10.1. The van der Waals surface area contributed by atoms with E-state index < -0.39 is 0 Å². The molecule has 0 aliphatic heterocycles. The van der Waals surface area contributed by atoms with Gasteiger partial charge in [-0.15, -0.1) is 0 Å². The highest BCUT2D eigenvalue weighted by Crippen LogP contribution is 2.34. The first-order valence-electron chi connectivity index (χ1n) is 7.34. The predicted octanol–water partition coefficient (Wildman–Crippen LogP) is 2.61. The molecule has 3 atom stereocenters. The van der Waals surface area contributed by atoms with Crippen molar-refractivity contribution in [2.24, 2.45) is 0 Å². The summed E-state index contributed by atoms with van der Waals surface area (Å²) in [6.07, 6.45) is 6.90. The fourth-order valence-corrected chi connectivity index (χ4v) is 3.36. The molecule has 1 saturated carbocycles. The molecule has 2 aliphatic carbocycles. The normalized spacial score (nSPS) is 31.3. The number of rotatable bonds is 3. The molecule has 1 fully saturated rings. The number of nitrogens with one attached hydrogen (secondary N) is 1. The fraction of sp³-hybridized carbons (Fsp3) is 0.625. The van der Waals surface area contributed by atoms with Gasteiger partial charge in [0, 0.05) is 18.5 Å². The summed E-state index contributed by atoms with van der Waals surface area (Å²) in [6, 6.07) is 9.05. The molecule has 0 radical (unpaired) electrons. The highest BCUT2D eigenvalue weighted by molar-refractivity contribution is 5.40. The van der Waals surface area contributed by atoms with Crippen LogP contribution in [-0.2, 0) is 6.42 Å². The summed E-state index contributed by atoms with van der Waals surface area (Å²) in [5, 5.41) is 13.7. The molecule has 1 aromatic carbocycles. The van der Waals surface area contributed by atoms with Crippen LogP contribution in [-0.4, -0.2) is 23.8 Å². The Hall–Kier alpha value is -0.860. The first kappa shape index (κ1) is 12.2. The molecule has 1 aromatic rings. The summed E-state index contributed by atoms with van der Waals surface area (Å²) in [5.41, 5.74) is 3.01. The third-order valence-corrected chi connectivity index (χ3v) is 4.57. The molecule has 0 heterocycles. The monoisotopic (exact) mass is 245 g/mol. The smallest absolute Gasteiger partial charge is 0.0693 e. The van der Waals surface area contributed by atoms with Crippen molar-refractivity contribution in [3.63, 3.8) is 0 Å². The molecule has 0 bridgehead atoms. The van der Waals surface area contributed by atoms with Gasteiger partial charge in [0.15, 0.2) is 0 Å². The van der Waals surface area contributed by atoms with E-state index in [2.05, 4.69) is 29.6 Å². The van der Waals surface area contributed by atoms with Gasteiger partial charge in [0.2, 0.25) is 0 Å². The zero-order chi connectivity index (χ0) is 12.4. The zero-order valence-corrected chi connectivity index (χ0v) is 10.9. The standard InChI is InChI=1S/C16H23NO/c18-16-9-3-1-2-8-15(16)17-11-13-10-12-6-4-5-7-14(12)13/h4-7,13,15-18H,1-3,8-11H2. The Balaban J connectivity index is 1.53. The van der Waals surface area contributed by atoms with Crippen LogP contribution in [0.3, 0.4) is 0 Å². The molecule has 0 saturated heterocycles. The summed E-state index contributed by atoms with van der Waals surface area (Å²) in [4.78, 5) is 0. The number of aliphatic hydroxyl groups excluding tert-OH is 1. The van der Waals surface area contributed by atoms with Gasteiger partial charge in [-0.25, -0.2) is 0 Å². The van der Waals surface area contributed by atoms with E-state index >= 15 is 0 Å². The zero-order valence-electron chi connectivity index (χ0n) is 10.9. The van der Waals surface area contributed by atoms with Crippen LogP contribution in [0.2, 0.25) is 0 Å². The van der Waals surface area contributed by atoms with Gasteiger partial charge in [0.05, 0.1) is 6.10 Å². The van der Waals surface area contributed by atoms with Crippen molar-refractivity contribution < 1.29 is 5.11 Å². The first-order chi connectivity index (χ1) is 8.84. The van der Waals surface area contributed by atoms with Crippen LogP contribution in [0.25, 0.3) is 0 Å². The number of fused-ring (bicyclic) bond motifs is 1. The SMILES string of the molecule is OC1CCCCCC1NCC1Cc2ccccc21. The van der Waals surface area contributed by atoms with E-state index in [4.69, 9.17) is 0 Å². The van der Waals surface area contributed by atoms with Crippen LogP contribution in [0.4, 0.5) is 0 Å². The van der Waals surface area contributed by atoms with E-state index in [-0.39, 0.29) is 6.10 Å². The summed E-state index contributed by atoms with van der Waals surface area (Å²) in [6.45, 7) is 1.03. The van der Waals surface area contributed by atoms with Crippen LogP contribution in [0.5, 0.6) is 0 Å². The minimum Gasteiger partial charge on any atom is -0.392 e. The Kier molecular flexibility index (Phi) is 3.67. The van der Waals surface area contributed by atoms with Gasteiger partial charge in [0.1, 0.15) is 0 Å². The third kappa shape index (κ3) is 2.45. The van der Waals surface area contributed by atoms with Crippen LogP contribution >= 0.6 is 0 Å². The van der Waals surface area contributed by atoms with Crippen LogP contribution in [0, 0.1) is 0 Å². The molecule has 0 amide bonds. The first-order valence-corrected chi connectivity index (χ1v) is 7.34. The van der Waals surface area contributed by atoms with Crippen molar-refractivity contribution in [2.45, 2.75) is 56.6 Å². The van der Waals surface area contributed by atoms with Crippen molar-refractivity contribution in [1.29, 1.82) is 0 Å². The van der Waals surface area contributed by atoms with Gasteiger partial charge in [-0.05, 0) is 30.4 Å². The molecular weight excluding hydrogens is 222 g/mol. The number of hydrogen-bond acceptors (Lipinski definition) is 2. The number of hydrogen-bond donors (Lipinski definition) is 2. The average Bonchev–Trinajstić information content (AvgIpc) is 2.56. The third-order valence-electron chi connectivity index (χ3n) is 4.57. The molecule has 0 spiro atoms. The Morgan fingerprint density at radius 3 is 2.83 bits per heavy atom. The lowest BCUT2D eigenvalue weighted by Gasteiger charge is -2.32. The highest BCUT2D eigenvalue weighted by Gasteiger charge is 2.27. The topological polar surface area (TPSA) is 32.3 Å². The van der Waals surface area contributed by atoms with Crippen molar-refractivity contribution >= 4 is 0 Å². The van der Waals surface area contributed by atoms with Crippen molar-refractivity contribution in [1.82, 2.24) is 5.32 Å². The van der Waals surface area contributed by atoms with Gasteiger partial charge in [-0.1, -0.05) is 43.5 Å². The molecule has 2 N–H and O–H groups in total. The molecule has 2 nitrogen and oxygen atoms in total. The van der Waals surface area contributed by atoms with E-state index in [0.717, 1.165) is 19.4 Å². The van der Waals surface area contributed by atoms with Gasteiger partial charge < -0.3 is 10.4 Å². The fourth-order valence-electron chi connectivity index (χ4n) is 3.36. The number of aliphatic hydroxyl groups is 1. The van der Waals surface area contributed by atoms with E-state index in [0.29, 0.717) is 12.0 Å². The largest absolute Gasteiger partial charge is 0.392 e. The lowest BCUT2D eigenvalue weighted by Crippen LogP contribution is -2.42. The highest BCUT2D eigenvalue weighted by atomic mass is 16.3. The molecule has 3 unspecified atom stereocenters. The summed E-state index contributed by atoms with van der Waals surface area (Å²) in [7, 11) is 0. The maximum atomic E-state index is 10.1. The van der Waals surface area contributed by atoms with Crippen LogP contribution in [0.15, 0.2) is 24.3 Å². The molecule has 98 valence electrons. The predicted molar refractivity (Wildman–Crippen MR) is 73.8 cm³/mol. The van der Waals surface area contributed by atoms with Gasteiger partial charge in [0.25, 0.3) is 0 Å². The second kappa shape index (κ2) is 5.41. The Labute approximate surface area is 109 Å².